The predicted molar refractivity (Wildman–Crippen MR) is 103 cm³/mol. The van der Waals surface area contributed by atoms with Crippen LogP contribution in [0.4, 0.5) is 0 Å². The van der Waals surface area contributed by atoms with Gasteiger partial charge in [-0.3, -0.25) is 4.79 Å². The number of benzene rings is 1. The summed E-state index contributed by atoms with van der Waals surface area (Å²) < 4.78 is 2.09. The van der Waals surface area contributed by atoms with E-state index in [9.17, 15) is 4.79 Å². The maximum absolute atomic E-state index is 11.7. The van der Waals surface area contributed by atoms with E-state index in [0.29, 0.717) is 5.56 Å². The van der Waals surface area contributed by atoms with E-state index in [-0.39, 0.29) is 5.78 Å². The van der Waals surface area contributed by atoms with Crippen molar-refractivity contribution in [1.82, 2.24) is 14.6 Å². The van der Waals surface area contributed by atoms with Crippen molar-refractivity contribution in [2.24, 2.45) is 0 Å². The number of hydrogen-bond acceptors (Lipinski definition) is 3. The number of carbonyl (C=O) groups excluding carboxylic acids is 1. The average molecular weight is 339 g/mol. The second kappa shape index (κ2) is 6.71. The van der Waals surface area contributed by atoms with Crippen LogP contribution in [0, 0.1) is 0 Å². The summed E-state index contributed by atoms with van der Waals surface area (Å²) >= 11 is 5.66. The van der Waals surface area contributed by atoms with Crippen molar-refractivity contribution in [1.29, 1.82) is 0 Å². The average Bonchev–Trinajstić information content (AvgIpc) is 2.88. The lowest BCUT2D eigenvalue weighted by Crippen LogP contribution is -2.30. The van der Waals surface area contributed by atoms with E-state index in [0.717, 1.165) is 40.1 Å². The third-order valence-electron chi connectivity index (χ3n) is 4.12. The number of thiocarbonyl (C=S) groups is 1. The van der Waals surface area contributed by atoms with E-state index >= 15 is 0 Å². The van der Waals surface area contributed by atoms with Crippen molar-refractivity contribution >= 4 is 39.4 Å². The molecule has 0 unspecified atom stereocenters. The smallest absolute Gasteiger partial charge is 0.159 e. The Labute approximate surface area is 147 Å². The molecule has 3 rings (SSSR count). The van der Waals surface area contributed by atoms with Crippen molar-refractivity contribution in [3.05, 3.63) is 53.7 Å². The Hall–Kier alpha value is -2.24. The summed E-state index contributed by atoms with van der Waals surface area (Å²) in [6.07, 6.45) is 2.01. The Balaban J connectivity index is 2.11. The molecule has 3 aromatic rings. The number of ketones is 1. The molecule has 0 amide bonds. The molecule has 5 heteroatoms. The molecule has 0 atom stereocenters. The summed E-state index contributed by atoms with van der Waals surface area (Å²) in [4.78, 5) is 14.6. The summed E-state index contributed by atoms with van der Waals surface area (Å²) in [5, 5.41) is 4.41. The van der Waals surface area contributed by atoms with Gasteiger partial charge in [0, 0.05) is 35.8 Å². The van der Waals surface area contributed by atoms with Crippen LogP contribution in [0.3, 0.4) is 0 Å². The fourth-order valence-electron chi connectivity index (χ4n) is 2.88. The maximum Gasteiger partial charge on any atom is 0.159 e. The highest BCUT2D eigenvalue weighted by Gasteiger charge is 2.16. The van der Waals surface area contributed by atoms with Gasteiger partial charge in [-0.25, -0.2) is 0 Å². The summed E-state index contributed by atoms with van der Waals surface area (Å²) in [7, 11) is 4.08. The van der Waals surface area contributed by atoms with Gasteiger partial charge < -0.3 is 14.6 Å². The van der Waals surface area contributed by atoms with Crippen molar-refractivity contribution in [3.63, 3.8) is 0 Å². The molecule has 1 N–H and O–H groups in total. The van der Waals surface area contributed by atoms with Gasteiger partial charge in [0.1, 0.15) is 4.99 Å². The minimum absolute atomic E-state index is 0.0658. The van der Waals surface area contributed by atoms with Gasteiger partial charge in [0.15, 0.2) is 5.78 Å². The zero-order valence-corrected chi connectivity index (χ0v) is 15.0. The van der Waals surface area contributed by atoms with Crippen LogP contribution in [0.2, 0.25) is 0 Å². The van der Waals surface area contributed by atoms with Gasteiger partial charge in [-0.15, -0.1) is 0 Å². The van der Waals surface area contributed by atoms with Crippen LogP contribution in [0.15, 0.2) is 42.6 Å². The largest absolute Gasteiger partial charge is 0.374 e. The number of carbonyl (C=O) groups is 1. The van der Waals surface area contributed by atoms with E-state index in [2.05, 4.69) is 20.7 Å². The van der Waals surface area contributed by atoms with Gasteiger partial charge in [-0.2, -0.15) is 0 Å². The molecule has 0 aliphatic rings. The van der Waals surface area contributed by atoms with Crippen LogP contribution in [-0.4, -0.2) is 47.3 Å². The predicted octanol–water partition coefficient (Wildman–Crippen LogP) is 3.12. The molecular formula is C19H21N3OS. The molecule has 0 fully saturated rings. The number of likely N-dealkylation sites (N-methyl/N-ethyl adjacent to an activating group) is 1. The number of rotatable bonds is 5. The van der Waals surface area contributed by atoms with Gasteiger partial charge in [0.25, 0.3) is 0 Å². The molecule has 0 radical (unpaired) electrons. The van der Waals surface area contributed by atoms with Crippen molar-refractivity contribution in [3.8, 4) is 0 Å². The van der Waals surface area contributed by atoms with Crippen LogP contribution in [0.1, 0.15) is 22.8 Å². The lowest BCUT2D eigenvalue weighted by Gasteiger charge is -2.12. The highest BCUT2D eigenvalue weighted by molar-refractivity contribution is 7.80. The Bertz CT molecular complexity index is 927. The summed E-state index contributed by atoms with van der Waals surface area (Å²) in [5.41, 5.74) is 3.79. The second-order valence-corrected chi connectivity index (χ2v) is 6.59. The first-order valence-electron chi connectivity index (χ1n) is 7.95. The third kappa shape index (κ3) is 3.05. The number of nitrogens with zero attached hydrogens (tertiary/aromatic N) is 2. The first kappa shape index (κ1) is 16.6. The lowest BCUT2D eigenvalue weighted by atomic mass is 10.1. The Morgan fingerprint density at radius 2 is 2.00 bits per heavy atom. The molecule has 24 heavy (non-hydrogen) atoms. The first-order valence-corrected chi connectivity index (χ1v) is 8.36. The molecule has 0 saturated heterocycles. The number of nitrogens with one attached hydrogen (secondary N) is 1. The molecule has 1 aromatic carbocycles. The molecule has 0 saturated carbocycles. The highest BCUT2D eigenvalue weighted by atomic mass is 32.1. The molecule has 2 aromatic heterocycles. The number of fused-ring (bicyclic) bond motifs is 3. The molecular weight excluding hydrogens is 318 g/mol. The third-order valence-corrected chi connectivity index (χ3v) is 4.47. The number of aromatic nitrogens is 1. The van der Waals surface area contributed by atoms with E-state index in [1.54, 1.807) is 6.92 Å². The zero-order chi connectivity index (χ0) is 17.3. The standard InChI is InChI=1S/C19H21N3OS/c1-13(23)14-7-8-15-17(12-14)22-10-5-4-6-16(22)18(15)19(24)20-9-11-21(2)3/h4-8,10,12H,9,11H2,1-3H3,(H,20,24). The number of pyridine rings is 1. The highest BCUT2D eigenvalue weighted by Crippen LogP contribution is 2.28. The van der Waals surface area contributed by atoms with Crippen molar-refractivity contribution < 1.29 is 4.79 Å². The molecule has 0 spiro atoms. The van der Waals surface area contributed by atoms with E-state index in [1.165, 1.54) is 0 Å². The van der Waals surface area contributed by atoms with E-state index in [1.807, 2.05) is 50.6 Å². The molecule has 2 heterocycles. The lowest BCUT2D eigenvalue weighted by molar-refractivity contribution is 0.101. The van der Waals surface area contributed by atoms with Gasteiger partial charge in [0.05, 0.1) is 11.0 Å². The van der Waals surface area contributed by atoms with Crippen LogP contribution >= 0.6 is 12.2 Å². The SMILES string of the molecule is CC(=O)c1ccc2c(C(=S)NCCN(C)C)c3ccccn3c2c1. The normalized spacial score (nSPS) is 11.3. The van der Waals surface area contributed by atoms with Crippen molar-refractivity contribution in [2.75, 3.05) is 27.2 Å². The van der Waals surface area contributed by atoms with Crippen LogP contribution in [0.25, 0.3) is 16.4 Å². The van der Waals surface area contributed by atoms with E-state index in [4.69, 9.17) is 12.2 Å². The second-order valence-electron chi connectivity index (χ2n) is 6.18. The monoisotopic (exact) mass is 339 g/mol. The van der Waals surface area contributed by atoms with Crippen LogP contribution in [-0.2, 0) is 0 Å². The summed E-state index contributed by atoms with van der Waals surface area (Å²) in [6.45, 7) is 3.30. The first-order chi connectivity index (χ1) is 11.5. The number of Topliss-reactive ketones (excluding diaryl/α,β-unsaturated/α-hetero) is 1. The molecule has 0 bridgehead atoms. The van der Waals surface area contributed by atoms with E-state index < -0.39 is 0 Å². The molecule has 124 valence electrons. The minimum Gasteiger partial charge on any atom is -0.374 e. The minimum atomic E-state index is 0.0658. The Morgan fingerprint density at radius 1 is 1.21 bits per heavy atom. The zero-order valence-electron chi connectivity index (χ0n) is 14.2. The van der Waals surface area contributed by atoms with Gasteiger partial charge in [-0.05, 0) is 39.2 Å². The fraction of sp³-hybridized carbons (Fsp3) is 0.263. The molecule has 0 aliphatic heterocycles. The number of hydrogen-bond donors (Lipinski definition) is 1. The van der Waals surface area contributed by atoms with Crippen LogP contribution < -0.4 is 5.32 Å². The van der Waals surface area contributed by atoms with Crippen LogP contribution in [0.5, 0.6) is 0 Å². The Kier molecular flexibility index (Phi) is 4.64. The summed E-state index contributed by atoms with van der Waals surface area (Å²) in [6, 6.07) is 11.9. The Morgan fingerprint density at radius 3 is 2.71 bits per heavy atom. The summed E-state index contributed by atoms with van der Waals surface area (Å²) in [5.74, 6) is 0.0658. The molecule has 4 nitrogen and oxygen atoms in total. The van der Waals surface area contributed by atoms with Gasteiger partial charge in [-0.1, -0.05) is 30.4 Å². The topological polar surface area (TPSA) is 36.8 Å². The maximum atomic E-state index is 11.7. The van der Waals surface area contributed by atoms with Crippen molar-refractivity contribution in [2.45, 2.75) is 6.92 Å². The quantitative estimate of drug-likeness (QED) is 0.572. The molecule has 0 aliphatic carbocycles. The van der Waals surface area contributed by atoms with Gasteiger partial charge >= 0.3 is 0 Å². The fourth-order valence-corrected chi connectivity index (χ4v) is 3.19. The van der Waals surface area contributed by atoms with Gasteiger partial charge in [0.2, 0.25) is 0 Å².